The SMILES string of the molecule is O=C(C=C(N1CCOCC1)N1CCOCC1)c1ccccc1. The van der Waals surface area contributed by atoms with Gasteiger partial charge in [0.15, 0.2) is 5.78 Å². The largest absolute Gasteiger partial charge is 0.378 e. The smallest absolute Gasteiger partial charge is 0.189 e. The average Bonchev–Trinajstić information content (AvgIpc) is 2.62. The summed E-state index contributed by atoms with van der Waals surface area (Å²) >= 11 is 0. The van der Waals surface area contributed by atoms with E-state index in [1.165, 1.54) is 0 Å². The van der Waals surface area contributed by atoms with Gasteiger partial charge in [-0.1, -0.05) is 30.3 Å². The lowest BCUT2D eigenvalue weighted by molar-refractivity contribution is 0.00840. The molecule has 0 unspecified atom stereocenters. The lowest BCUT2D eigenvalue weighted by atomic mass is 10.1. The minimum Gasteiger partial charge on any atom is -0.378 e. The molecule has 0 atom stereocenters. The molecule has 2 aliphatic rings. The fourth-order valence-electron chi connectivity index (χ4n) is 2.77. The van der Waals surface area contributed by atoms with Gasteiger partial charge in [0.2, 0.25) is 0 Å². The predicted octanol–water partition coefficient (Wildman–Crippen LogP) is 1.38. The van der Waals surface area contributed by atoms with Gasteiger partial charge in [0.05, 0.1) is 26.4 Å². The molecule has 5 heteroatoms. The summed E-state index contributed by atoms with van der Waals surface area (Å²) in [7, 11) is 0. The van der Waals surface area contributed by atoms with Crippen LogP contribution in [0.5, 0.6) is 0 Å². The minimum absolute atomic E-state index is 0.0496. The van der Waals surface area contributed by atoms with Crippen molar-refractivity contribution in [1.82, 2.24) is 9.80 Å². The number of carbonyl (C=O) groups excluding carboxylic acids is 1. The molecule has 3 rings (SSSR count). The Kier molecular flexibility index (Phi) is 5.08. The molecule has 22 heavy (non-hydrogen) atoms. The van der Waals surface area contributed by atoms with Crippen molar-refractivity contribution in [3.05, 3.63) is 47.8 Å². The molecular weight excluding hydrogens is 280 g/mol. The Balaban J connectivity index is 1.82. The second kappa shape index (κ2) is 7.42. The maximum atomic E-state index is 12.5. The van der Waals surface area contributed by atoms with Crippen LogP contribution in [0.4, 0.5) is 0 Å². The number of hydrogen-bond acceptors (Lipinski definition) is 5. The molecule has 0 aliphatic carbocycles. The van der Waals surface area contributed by atoms with Crippen molar-refractivity contribution in [1.29, 1.82) is 0 Å². The van der Waals surface area contributed by atoms with Crippen molar-refractivity contribution in [2.24, 2.45) is 0 Å². The Morgan fingerprint density at radius 1 is 0.864 bits per heavy atom. The summed E-state index contributed by atoms with van der Waals surface area (Å²) in [6, 6.07) is 9.42. The van der Waals surface area contributed by atoms with E-state index in [1.54, 1.807) is 6.08 Å². The van der Waals surface area contributed by atoms with Crippen LogP contribution in [0.15, 0.2) is 42.2 Å². The molecule has 118 valence electrons. The Morgan fingerprint density at radius 2 is 1.36 bits per heavy atom. The van der Waals surface area contributed by atoms with E-state index in [0.717, 1.165) is 37.6 Å². The molecule has 2 heterocycles. The van der Waals surface area contributed by atoms with Crippen LogP contribution in [0.3, 0.4) is 0 Å². The molecule has 0 amide bonds. The van der Waals surface area contributed by atoms with Gasteiger partial charge >= 0.3 is 0 Å². The molecule has 0 spiro atoms. The molecule has 1 aromatic rings. The van der Waals surface area contributed by atoms with Gasteiger partial charge in [0.25, 0.3) is 0 Å². The monoisotopic (exact) mass is 302 g/mol. The van der Waals surface area contributed by atoms with E-state index < -0.39 is 0 Å². The van der Waals surface area contributed by atoms with E-state index in [1.807, 2.05) is 30.3 Å². The zero-order valence-corrected chi connectivity index (χ0v) is 12.7. The van der Waals surface area contributed by atoms with Crippen molar-refractivity contribution < 1.29 is 14.3 Å². The van der Waals surface area contributed by atoms with Crippen LogP contribution in [0.1, 0.15) is 10.4 Å². The van der Waals surface area contributed by atoms with Crippen molar-refractivity contribution in [2.45, 2.75) is 0 Å². The zero-order chi connectivity index (χ0) is 15.2. The van der Waals surface area contributed by atoms with Crippen LogP contribution in [0.2, 0.25) is 0 Å². The van der Waals surface area contributed by atoms with Crippen LogP contribution in [-0.2, 0) is 9.47 Å². The van der Waals surface area contributed by atoms with E-state index in [4.69, 9.17) is 9.47 Å². The van der Waals surface area contributed by atoms with Crippen molar-refractivity contribution in [3.8, 4) is 0 Å². The van der Waals surface area contributed by atoms with Crippen LogP contribution in [0, 0.1) is 0 Å². The highest BCUT2D eigenvalue weighted by Gasteiger charge is 2.22. The number of benzene rings is 1. The van der Waals surface area contributed by atoms with Gasteiger partial charge in [-0.2, -0.15) is 0 Å². The number of carbonyl (C=O) groups is 1. The lowest BCUT2D eigenvalue weighted by Gasteiger charge is -2.39. The minimum atomic E-state index is 0.0496. The molecule has 0 radical (unpaired) electrons. The first-order chi connectivity index (χ1) is 10.8. The van der Waals surface area contributed by atoms with Crippen molar-refractivity contribution in [2.75, 3.05) is 52.6 Å². The summed E-state index contributed by atoms with van der Waals surface area (Å²) in [5.74, 6) is 1.05. The van der Waals surface area contributed by atoms with Gasteiger partial charge in [-0.3, -0.25) is 4.79 Å². The molecule has 0 aromatic heterocycles. The molecule has 1 aromatic carbocycles. The molecule has 2 aliphatic heterocycles. The number of ether oxygens (including phenoxy) is 2. The predicted molar refractivity (Wildman–Crippen MR) is 83.6 cm³/mol. The number of rotatable bonds is 4. The maximum absolute atomic E-state index is 12.5. The quantitative estimate of drug-likeness (QED) is 0.621. The molecule has 0 N–H and O–H groups in total. The maximum Gasteiger partial charge on any atom is 0.189 e. The third kappa shape index (κ3) is 3.67. The molecule has 5 nitrogen and oxygen atoms in total. The average molecular weight is 302 g/mol. The lowest BCUT2D eigenvalue weighted by Crippen LogP contribution is -2.46. The number of nitrogens with zero attached hydrogens (tertiary/aromatic N) is 2. The van der Waals surface area contributed by atoms with E-state index in [2.05, 4.69) is 9.80 Å². The Hall–Kier alpha value is -1.85. The number of morpholine rings is 2. The molecule has 0 saturated carbocycles. The van der Waals surface area contributed by atoms with Crippen LogP contribution in [0.25, 0.3) is 0 Å². The van der Waals surface area contributed by atoms with E-state index in [-0.39, 0.29) is 5.78 Å². The Labute approximate surface area is 131 Å². The Bertz CT molecular complexity index is 498. The van der Waals surface area contributed by atoms with Gasteiger partial charge in [-0.05, 0) is 0 Å². The Morgan fingerprint density at radius 3 is 1.86 bits per heavy atom. The summed E-state index contributed by atoms with van der Waals surface area (Å²) in [4.78, 5) is 17.0. The van der Waals surface area contributed by atoms with Crippen LogP contribution in [-0.4, -0.2) is 68.2 Å². The van der Waals surface area contributed by atoms with E-state index >= 15 is 0 Å². The number of ketones is 1. The first kappa shape index (κ1) is 15.1. The van der Waals surface area contributed by atoms with Gasteiger partial charge in [-0.15, -0.1) is 0 Å². The molecule has 2 fully saturated rings. The fraction of sp³-hybridized carbons (Fsp3) is 0.471. The first-order valence-electron chi connectivity index (χ1n) is 7.81. The summed E-state index contributed by atoms with van der Waals surface area (Å²) in [6.45, 7) is 6.14. The van der Waals surface area contributed by atoms with Gasteiger partial charge in [0.1, 0.15) is 5.82 Å². The second-order valence-corrected chi connectivity index (χ2v) is 5.43. The van der Waals surface area contributed by atoms with Gasteiger partial charge in [-0.25, -0.2) is 0 Å². The molecular formula is C17H22N2O3. The van der Waals surface area contributed by atoms with Crippen molar-refractivity contribution >= 4 is 5.78 Å². The summed E-state index contributed by atoms with van der Waals surface area (Å²) in [5.41, 5.74) is 0.724. The first-order valence-corrected chi connectivity index (χ1v) is 7.81. The third-order valence-corrected chi connectivity index (χ3v) is 3.99. The highest BCUT2D eigenvalue weighted by molar-refractivity contribution is 6.04. The molecule has 2 saturated heterocycles. The summed E-state index contributed by atoms with van der Waals surface area (Å²) < 4.78 is 10.9. The zero-order valence-electron chi connectivity index (χ0n) is 12.7. The standard InChI is InChI=1S/C17H22N2O3/c20-16(15-4-2-1-3-5-15)14-17(18-6-10-21-11-7-18)19-8-12-22-13-9-19/h1-5,14H,6-13H2. The van der Waals surface area contributed by atoms with Crippen LogP contribution >= 0.6 is 0 Å². The van der Waals surface area contributed by atoms with E-state index in [0.29, 0.717) is 26.4 Å². The van der Waals surface area contributed by atoms with E-state index in [9.17, 15) is 4.79 Å². The number of hydrogen-bond donors (Lipinski definition) is 0. The highest BCUT2D eigenvalue weighted by Crippen LogP contribution is 2.16. The summed E-state index contributed by atoms with van der Waals surface area (Å²) in [5, 5.41) is 0. The third-order valence-electron chi connectivity index (χ3n) is 3.99. The van der Waals surface area contributed by atoms with Gasteiger partial charge < -0.3 is 19.3 Å². The van der Waals surface area contributed by atoms with Crippen LogP contribution < -0.4 is 0 Å². The summed E-state index contributed by atoms with van der Waals surface area (Å²) in [6.07, 6.45) is 1.77. The normalized spacial score (nSPS) is 18.9. The fourth-order valence-corrected chi connectivity index (χ4v) is 2.77. The number of allylic oxidation sites excluding steroid dienone is 1. The second-order valence-electron chi connectivity index (χ2n) is 5.43. The molecule has 0 bridgehead atoms. The van der Waals surface area contributed by atoms with Crippen molar-refractivity contribution in [3.63, 3.8) is 0 Å². The van der Waals surface area contributed by atoms with Gasteiger partial charge in [0, 0.05) is 37.8 Å². The topological polar surface area (TPSA) is 42.0 Å². The highest BCUT2D eigenvalue weighted by atomic mass is 16.5.